The molecule has 0 saturated carbocycles. The second-order valence-corrected chi connectivity index (χ2v) is 5.40. The molecule has 1 rings (SSSR count). The van der Waals surface area contributed by atoms with Gasteiger partial charge in [0.25, 0.3) is 15.5 Å². The van der Waals surface area contributed by atoms with Crippen molar-refractivity contribution in [2.45, 2.75) is 11.5 Å². The molecule has 0 aromatic carbocycles. The largest absolute Gasteiger partial charge is 0.396 e. The number of rotatable bonds is 2. The highest BCUT2D eigenvalue weighted by atomic mass is 35.7. The summed E-state index contributed by atoms with van der Waals surface area (Å²) in [7, 11) is 0.715. The van der Waals surface area contributed by atoms with Gasteiger partial charge < -0.3 is 5.73 Å². The normalized spacial score (nSPS) is 12.1. The zero-order valence-corrected chi connectivity index (χ0v) is 9.24. The number of aromatic nitrogens is 1. The van der Waals surface area contributed by atoms with E-state index in [0.29, 0.717) is 0 Å². The van der Waals surface area contributed by atoms with Crippen LogP contribution in [0.25, 0.3) is 0 Å². The monoisotopic (exact) mass is 276 g/mol. The lowest BCUT2D eigenvalue weighted by atomic mass is 10.3. The molecule has 0 aliphatic carbocycles. The first-order valence-corrected chi connectivity index (χ1v) is 6.11. The van der Waals surface area contributed by atoms with E-state index in [-0.39, 0.29) is 5.02 Å². The molecule has 1 aromatic heterocycles. The standard InChI is InChI=1S/C6H4Cl2F2N2O2S/c7-2-1-3(15(8,13)14)12-5(4(2)11)6(9)10/h1,6H,11H2. The molecule has 0 aliphatic rings. The Bertz CT molecular complexity index is 492. The van der Waals surface area contributed by atoms with Crippen LogP contribution in [0.4, 0.5) is 14.5 Å². The average molecular weight is 277 g/mol. The molecule has 15 heavy (non-hydrogen) atoms. The van der Waals surface area contributed by atoms with Crippen LogP contribution in [0.3, 0.4) is 0 Å². The van der Waals surface area contributed by atoms with E-state index in [1.807, 2.05) is 0 Å². The number of hydrogen-bond donors (Lipinski definition) is 1. The molecule has 84 valence electrons. The maximum absolute atomic E-state index is 12.3. The van der Waals surface area contributed by atoms with Crippen molar-refractivity contribution in [3.63, 3.8) is 0 Å². The quantitative estimate of drug-likeness (QED) is 0.841. The van der Waals surface area contributed by atoms with Crippen LogP contribution in [-0.4, -0.2) is 13.4 Å². The third kappa shape index (κ3) is 2.67. The second-order valence-electron chi connectivity index (χ2n) is 2.48. The van der Waals surface area contributed by atoms with Gasteiger partial charge in [-0.15, -0.1) is 0 Å². The zero-order chi connectivity index (χ0) is 11.8. The third-order valence-electron chi connectivity index (χ3n) is 1.47. The Morgan fingerprint density at radius 3 is 2.40 bits per heavy atom. The lowest BCUT2D eigenvalue weighted by Gasteiger charge is -2.06. The molecule has 9 heteroatoms. The molecule has 2 N–H and O–H groups in total. The number of halogens is 4. The first-order valence-electron chi connectivity index (χ1n) is 3.42. The van der Waals surface area contributed by atoms with Gasteiger partial charge in [0.2, 0.25) is 0 Å². The SMILES string of the molecule is Nc1c(Cl)cc(S(=O)(=O)Cl)nc1C(F)F. The molecule has 0 unspecified atom stereocenters. The Morgan fingerprint density at radius 1 is 1.47 bits per heavy atom. The molecule has 0 aliphatic heterocycles. The van der Waals surface area contributed by atoms with Gasteiger partial charge in [-0.25, -0.2) is 22.2 Å². The van der Waals surface area contributed by atoms with Crippen LogP contribution in [0, 0.1) is 0 Å². The van der Waals surface area contributed by atoms with E-state index in [1.54, 1.807) is 0 Å². The van der Waals surface area contributed by atoms with E-state index < -0.39 is 31.9 Å². The van der Waals surface area contributed by atoms with Crippen LogP contribution in [0.1, 0.15) is 12.1 Å². The van der Waals surface area contributed by atoms with Crippen LogP contribution >= 0.6 is 22.3 Å². The molecule has 0 fully saturated rings. The molecule has 0 saturated heterocycles. The van der Waals surface area contributed by atoms with Crippen molar-refractivity contribution in [3.05, 3.63) is 16.8 Å². The highest BCUT2D eigenvalue weighted by molar-refractivity contribution is 8.13. The van der Waals surface area contributed by atoms with E-state index >= 15 is 0 Å². The van der Waals surface area contributed by atoms with E-state index in [9.17, 15) is 17.2 Å². The summed E-state index contributed by atoms with van der Waals surface area (Å²) in [4.78, 5) is 3.12. The molecule has 0 atom stereocenters. The second kappa shape index (κ2) is 4.07. The van der Waals surface area contributed by atoms with Gasteiger partial charge in [0, 0.05) is 10.7 Å². The van der Waals surface area contributed by atoms with E-state index in [0.717, 1.165) is 6.07 Å². The Hall–Kier alpha value is -0.660. The molecule has 4 nitrogen and oxygen atoms in total. The highest BCUT2D eigenvalue weighted by Crippen LogP contribution is 2.31. The van der Waals surface area contributed by atoms with Crippen molar-refractivity contribution < 1.29 is 17.2 Å². The maximum Gasteiger partial charge on any atom is 0.282 e. The van der Waals surface area contributed by atoms with Gasteiger partial charge >= 0.3 is 0 Å². The van der Waals surface area contributed by atoms with E-state index in [2.05, 4.69) is 4.98 Å². The Kier molecular flexibility index (Phi) is 3.37. The van der Waals surface area contributed by atoms with Crippen molar-refractivity contribution >= 4 is 37.0 Å². The van der Waals surface area contributed by atoms with Gasteiger partial charge in [-0.1, -0.05) is 11.6 Å². The van der Waals surface area contributed by atoms with Crippen LogP contribution in [-0.2, 0) is 9.05 Å². The molecular formula is C6H4Cl2F2N2O2S. The Morgan fingerprint density at radius 2 is 2.00 bits per heavy atom. The summed E-state index contributed by atoms with van der Waals surface area (Å²) in [5.41, 5.74) is 3.82. The van der Waals surface area contributed by atoms with Gasteiger partial charge in [-0.3, -0.25) is 0 Å². The minimum absolute atomic E-state index is 0.334. The summed E-state index contributed by atoms with van der Waals surface area (Å²) in [6.07, 6.45) is -3.03. The number of pyridine rings is 1. The Labute approximate surface area is 93.4 Å². The van der Waals surface area contributed by atoms with Crippen molar-refractivity contribution in [1.82, 2.24) is 4.98 Å². The van der Waals surface area contributed by atoms with Crippen LogP contribution < -0.4 is 5.73 Å². The van der Waals surface area contributed by atoms with Crippen molar-refractivity contribution in [2.24, 2.45) is 0 Å². The van der Waals surface area contributed by atoms with Crippen LogP contribution in [0.5, 0.6) is 0 Å². The minimum Gasteiger partial charge on any atom is -0.396 e. The van der Waals surface area contributed by atoms with Crippen molar-refractivity contribution in [3.8, 4) is 0 Å². The van der Waals surface area contributed by atoms with E-state index in [4.69, 9.17) is 28.0 Å². The third-order valence-corrected chi connectivity index (χ3v) is 2.97. The van der Waals surface area contributed by atoms with Gasteiger partial charge in [0.05, 0.1) is 10.7 Å². The van der Waals surface area contributed by atoms with Gasteiger partial charge in [0.1, 0.15) is 5.69 Å². The van der Waals surface area contributed by atoms with E-state index in [1.165, 1.54) is 0 Å². The first kappa shape index (κ1) is 12.4. The number of nitrogen functional groups attached to an aromatic ring is 1. The lowest BCUT2D eigenvalue weighted by Crippen LogP contribution is -2.04. The Balaban J connectivity index is 3.50. The number of anilines is 1. The summed E-state index contributed by atoms with van der Waals surface area (Å²) in [6.45, 7) is 0. The summed E-state index contributed by atoms with van der Waals surface area (Å²) >= 11 is 5.45. The van der Waals surface area contributed by atoms with Crippen LogP contribution in [0.2, 0.25) is 5.02 Å². The van der Waals surface area contributed by atoms with Gasteiger partial charge in [0.15, 0.2) is 5.03 Å². The van der Waals surface area contributed by atoms with Gasteiger partial charge in [-0.05, 0) is 6.07 Å². The molecule has 1 aromatic rings. The van der Waals surface area contributed by atoms with Crippen molar-refractivity contribution in [2.75, 3.05) is 5.73 Å². The zero-order valence-electron chi connectivity index (χ0n) is 6.92. The molecule has 0 amide bonds. The summed E-state index contributed by atoms with van der Waals surface area (Å²) in [6, 6.07) is 0.811. The molecule has 1 heterocycles. The van der Waals surface area contributed by atoms with Crippen molar-refractivity contribution in [1.29, 1.82) is 0 Å². The number of alkyl halides is 2. The lowest BCUT2D eigenvalue weighted by molar-refractivity contribution is 0.146. The minimum atomic E-state index is -4.21. The first-order chi connectivity index (χ1) is 6.73. The van der Waals surface area contributed by atoms with Crippen LogP contribution in [0.15, 0.2) is 11.1 Å². The predicted molar refractivity (Wildman–Crippen MR) is 51.7 cm³/mol. The molecule has 0 radical (unpaired) electrons. The number of hydrogen-bond acceptors (Lipinski definition) is 4. The summed E-state index contributed by atoms with van der Waals surface area (Å²) in [5, 5.41) is -1.09. The smallest absolute Gasteiger partial charge is 0.282 e. The highest BCUT2D eigenvalue weighted by Gasteiger charge is 2.21. The molecular weight excluding hydrogens is 273 g/mol. The fourth-order valence-corrected chi connectivity index (χ4v) is 1.78. The molecule has 0 bridgehead atoms. The number of nitrogens with two attached hydrogens (primary N) is 1. The summed E-state index contributed by atoms with van der Waals surface area (Å²) < 4.78 is 46.3. The topological polar surface area (TPSA) is 73.1 Å². The fourth-order valence-electron chi connectivity index (χ4n) is 0.811. The predicted octanol–water partition coefficient (Wildman–Crippen LogP) is 2.18. The average Bonchev–Trinajstić information content (AvgIpc) is 2.06. The molecule has 0 spiro atoms. The van der Waals surface area contributed by atoms with Gasteiger partial charge in [-0.2, -0.15) is 0 Å². The fraction of sp³-hybridized carbons (Fsp3) is 0.167. The number of nitrogens with zero attached hydrogens (tertiary/aromatic N) is 1. The summed E-state index contributed by atoms with van der Waals surface area (Å²) in [5.74, 6) is 0. The maximum atomic E-state index is 12.3.